The molecule has 0 aromatic heterocycles. The second-order valence-electron chi connectivity index (χ2n) is 6.96. The fourth-order valence-corrected chi connectivity index (χ4v) is 5.14. The summed E-state index contributed by atoms with van der Waals surface area (Å²) < 4.78 is 29.2. The lowest BCUT2D eigenvalue weighted by Gasteiger charge is -2.26. The van der Waals surface area contributed by atoms with Crippen molar-refractivity contribution in [3.05, 3.63) is 65.5 Å². The Labute approximate surface area is 171 Å². The Morgan fingerprint density at radius 1 is 1.03 bits per heavy atom. The van der Waals surface area contributed by atoms with E-state index in [0.29, 0.717) is 17.9 Å². The van der Waals surface area contributed by atoms with Gasteiger partial charge in [0.05, 0.1) is 16.3 Å². The number of para-hydroxylation sites is 2. The summed E-state index contributed by atoms with van der Waals surface area (Å²) in [5.41, 5.74) is 3.04. The molecule has 0 amide bonds. The zero-order valence-corrected chi connectivity index (χ0v) is 17.3. The van der Waals surface area contributed by atoms with Crippen LogP contribution in [0.4, 0.5) is 11.4 Å². The Bertz CT molecular complexity index is 1180. The second-order valence-corrected chi connectivity index (χ2v) is 8.53. The predicted octanol–water partition coefficient (Wildman–Crippen LogP) is 4.06. The first-order chi connectivity index (χ1) is 14.0. The molecule has 0 saturated heterocycles. The molecule has 2 aliphatic rings. The minimum atomic E-state index is -3.80. The number of rotatable bonds is 5. The van der Waals surface area contributed by atoms with Crippen molar-refractivity contribution in [1.82, 2.24) is 0 Å². The van der Waals surface area contributed by atoms with E-state index in [1.807, 2.05) is 31.2 Å². The van der Waals surface area contributed by atoms with Crippen molar-refractivity contribution < 1.29 is 8.42 Å². The van der Waals surface area contributed by atoms with E-state index < -0.39 is 10.0 Å². The normalized spacial score (nSPS) is 18.2. The smallest absolute Gasteiger partial charge is 0.283 e. The number of anilines is 2. The maximum Gasteiger partial charge on any atom is 0.283 e. The first-order valence-electron chi connectivity index (χ1n) is 9.76. The van der Waals surface area contributed by atoms with Crippen LogP contribution in [0.3, 0.4) is 0 Å². The minimum absolute atomic E-state index is 0.155. The fraction of sp³-hybridized carbons (Fsp3) is 0.273. The van der Waals surface area contributed by atoms with Gasteiger partial charge < -0.3 is 9.80 Å². The van der Waals surface area contributed by atoms with Crippen molar-refractivity contribution in [2.24, 2.45) is 4.40 Å². The van der Waals surface area contributed by atoms with Gasteiger partial charge in [-0.2, -0.15) is 18.1 Å². The van der Waals surface area contributed by atoms with Gasteiger partial charge in [-0.05, 0) is 31.5 Å². The lowest BCUT2D eigenvalue weighted by atomic mass is 10.0. The molecule has 2 aromatic rings. The van der Waals surface area contributed by atoms with Gasteiger partial charge in [-0.25, -0.2) is 0 Å². The zero-order valence-electron chi connectivity index (χ0n) is 16.5. The van der Waals surface area contributed by atoms with Crippen molar-refractivity contribution in [3.63, 3.8) is 0 Å². The van der Waals surface area contributed by atoms with Crippen LogP contribution in [-0.2, 0) is 10.0 Å². The van der Waals surface area contributed by atoms with Gasteiger partial charge in [0.1, 0.15) is 23.2 Å². The maximum atomic E-state index is 12.6. The van der Waals surface area contributed by atoms with Crippen LogP contribution < -0.4 is 9.80 Å². The summed E-state index contributed by atoms with van der Waals surface area (Å²) >= 11 is 0. The number of unbranched alkanes of at least 4 members (excludes halogenated alkanes) is 1. The van der Waals surface area contributed by atoms with Crippen LogP contribution >= 0.6 is 0 Å². The average molecular weight is 407 g/mol. The molecule has 7 heteroatoms. The number of nitrogens with zero attached hydrogens (tertiary/aromatic N) is 4. The van der Waals surface area contributed by atoms with E-state index >= 15 is 0 Å². The molecule has 29 heavy (non-hydrogen) atoms. The summed E-state index contributed by atoms with van der Waals surface area (Å²) in [5.74, 6) is 0.704. The predicted molar refractivity (Wildman–Crippen MR) is 115 cm³/mol. The molecular weight excluding hydrogens is 384 g/mol. The number of allylic oxidation sites excluding steroid dienone is 1. The number of fused-ring (bicyclic) bond motifs is 2. The van der Waals surface area contributed by atoms with Gasteiger partial charge in [0.2, 0.25) is 0 Å². The van der Waals surface area contributed by atoms with E-state index in [9.17, 15) is 13.7 Å². The molecule has 2 heterocycles. The highest BCUT2D eigenvalue weighted by Gasteiger charge is 2.37. The molecule has 2 aliphatic heterocycles. The van der Waals surface area contributed by atoms with E-state index in [0.717, 1.165) is 30.8 Å². The molecule has 4 rings (SSSR count). The summed E-state index contributed by atoms with van der Waals surface area (Å²) in [6, 6.07) is 17.0. The standard InChI is InChI=1S/C22H22N4O2S/c1-3-5-14-26-19-12-8-7-11-18(19)25(4-2)22(26)17(15-23)21-16-10-6-9-13-20(16)29(27,28)24-21/h6-13H,3-5,14H2,1-2H3. The summed E-state index contributed by atoms with van der Waals surface area (Å²) in [5, 5.41) is 10.1. The second kappa shape index (κ2) is 7.37. The topological polar surface area (TPSA) is 76.8 Å². The van der Waals surface area contributed by atoms with Crippen molar-refractivity contribution >= 4 is 27.1 Å². The molecule has 0 unspecified atom stereocenters. The highest BCUT2D eigenvalue weighted by Crippen LogP contribution is 2.43. The highest BCUT2D eigenvalue weighted by atomic mass is 32.2. The monoisotopic (exact) mass is 406 g/mol. The van der Waals surface area contributed by atoms with Crippen LogP contribution in [0.25, 0.3) is 0 Å². The Morgan fingerprint density at radius 2 is 1.69 bits per heavy atom. The first kappa shape index (κ1) is 19.2. The third-order valence-corrected chi connectivity index (χ3v) is 6.56. The molecule has 0 radical (unpaired) electrons. The molecule has 0 bridgehead atoms. The Hall–Kier alpha value is -3.11. The lowest BCUT2D eigenvalue weighted by Crippen LogP contribution is -2.32. The van der Waals surface area contributed by atoms with Crippen molar-refractivity contribution in [2.45, 2.75) is 31.6 Å². The van der Waals surface area contributed by atoms with E-state index in [1.165, 1.54) is 6.07 Å². The van der Waals surface area contributed by atoms with Gasteiger partial charge in [-0.15, -0.1) is 0 Å². The Morgan fingerprint density at radius 3 is 2.34 bits per heavy atom. The van der Waals surface area contributed by atoms with Crippen LogP contribution in [0.1, 0.15) is 32.3 Å². The van der Waals surface area contributed by atoms with Crippen molar-refractivity contribution in [1.29, 1.82) is 5.26 Å². The summed E-state index contributed by atoms with van der Waals surface area (Å²) in [6.07, 6.45) is 1.97. The van der Waals surface area contributed by atoms with Crippen molar-refractivity contribution in [3.8, 4) is 6.07 Å². The number of nitriles is 1. The van der Waals surface area contributed by atoms with E-state index in [1.54, 1.807) is 18.2 Å². The number of benzene rings is 2. The minimum Gasteiger partial charge on any atom is -0.325 e. The first-order valence-corrected chi connectivity index (χ1v) is 11.2. The molecule has 0 fully saturated rings. The molecule has 6 nitrogen and oxygen atoms in total. The molecular formula is C22H22N4O2S. The van der Waals surface area contributed by atoms with Gasteiger partial charge in [0.15, 0.2) is 0 Å². The molecule has 148 valence electrons. The largest absolute Gasteiger partial charge is 0.325 e. The quantitative estimate of drug-likeness (QED) is 0.700. The summed E-state index contributed by atoms with van der Waals surface area (Å²) in [6.45, 7) is 5.54. The summed E-state index contributed by atoms with van der Waals surface area (Å²) in [7, 11) is -3.80. The molecule has 0 atom stereocenters. The van der Waals surface area contributed by atoms with Crippen LogP contribution in [0, 0.1) is 11.3 Å². The fourth-order valence-electron chi connectivity index (χ4n) is 3.92. The number of hydrogen-bond donors (Lipinski definition) is 0. The molecule has 0 saturated carbocycles. The third-order valence-electron chi connectivity index (χ3n) is 5.23. The van der Waals surface area contributed by atoms with Gasteiger partial charge in [0, 0.05) is 18.7 Å². The van der Waals surface area contributed by atoms with Gasteiger partial charge >= 0.3 is 0 Å². The van der Waals surface area contributed by atoms with E-state index in [-0.39, 0.29) is 16.2 Å². The van der Waals surface area contributed by atoms with Crippen LogP contribution in [0.15, 0.2) is 69.2 Å². The Kier molecular flexibility index (Phi) is 4.89. The van der Waals surface area contributed by atoms with Crippen LogP contribution in [0.5, 0.6) is 0 Å². The summed E-state index contributed by atoms with van der Waals surface area (Å²) in [4.78, 5) is 4.35. The van der Waals surface area contributed by atoms with E-state index in [4.69, 9.17) is 0 Å². The number of hydrogen-bond acceptors (Lipinski definition) is 5. The maximum absolute atomic E-state index is 12.6. The van der Waals surface area contributed by atoms with Crippen molar-refractivity contribution in [2.75, 3.05) is 22.9 Å². The van der Waals surface area contributed by atoms with Gasteiger partial charge in [-0.1, -0.05) is 43.7 Å². The van der Waals surface area contributed by atoms with Crippen LogP contribution in [0.2, 0.25) is 0 Å². The highest BCUT2D eigenvalue weighted by molar-refractivity contribution is 7.90. The molecule has 0 N–H and O–H groups in total. The number of sulfonamides is 1. The molecule has 0 spiro atoms. The SMILES string of the molecule is CCCCN1C(=C(C#N)C2=NS(=O)(=O)c3ccccc32)N(CC)c2ccccc21. The average Bonchev–Trinajstić information content (AvgIpc) is 3.19. The molecule has 0 aliphatic carbocycles. The van der Waals surface area contributed by atoms with E-state index in [2.05, 4.69) is 27.2 Å². The Balaban J connectivity index is 1.97. The lowest BCUT2D eigenvalue weighted by molar-refractivity contribution is 0.599. The third kappa shape index (κ3) is 3.00. The molecule has 2 aromatic carbocycles. The van der Waals surface area contributed by atoms with Gasteiger partial charge in [0.25, 0.3) is 10.0 Å². The van der Waals surface area contributed by atoms with Crippen LogP contribution in [-0.4, -0.2) is 27.2 Å². The van der Waals surface area contributed by atoms with Gasteiger partial charge in [-0.3, -0.25) is 0 Å². The zero-order chi connectivity index (χ0) is 20.6.